The molecule has 0 aromatic heterocycles. The van der Waals surface area contributed by atoms with Crippen molar-refractivity contribution in [1.82, 2.24) is 0 Å². The molecule has 3 radical (unpaired) electrons. The molecule has 21 valence electrons. The Kier molecular flexibility index (Phi) is 60.0. The van der Waals surface area contributed by atoms with E-state index in [4.69, 9.17) is 10.1 Å². The van der Waals surface area contributed by atoms with Crippen LogP contribution in [-0.4, -0.2) is 13.6 Å². The van der Waals surface area contributed by atoms with E-state index in [1.807, 2.05) is 0 Å². The first-order chi connectivity index (χ1) is 1.41. The molecular weight excluding hydrogens is 56.8 g/mol. The highest BCUT2D eigenvalue weighted by Crippen LogP contribution is 1.25. The predicted molar refractivity (Wildman–Crippen MR) is 13.3 cm³/mol. The van der Waals surface area contributed by atoms with Crippen molar-refractivity contribution in [2.24, 2.45) is 5.34 Å². The van der Waals surface area contributed by atoms with Gasteiger partial charge in [-0.3, -0.25) is 0 Å². The van der Waals surface area contributed by atoms with E-state index in [1.165, 1.54) is 5.34 Å². The Morgan fingerprint density at radius 3 is 1.75 bits per heavy atom. The standard InChI is InChI=1S/B.HNO2/c;2-1-3/h;(H,2,3). The summed E-state index contributed by atoms with van der Waals surface area (Å²) in [6.07, 6.45) is 0. The Bertz CT molecular complexity index is 13.5. The first-order valence-electron chi connectivity index (χ1n) is 0.383. The second kappa shape index (κ2) is 24.5. The van der Waals surface area contributed by atoms with Crippen LogP contribution in [0.15, 0.2) is 5.34 Å². The van der Waals surface area contributed by atoms with Crippen molar-refractivity contribution in [2.45, 2.75) is 0 Å². The van der Waals surface area contributed by atoms with Gasteiger partial charge < -0.3 is 5.21 Å². The third kappa shape index (κ3) is 1.11. The lowest BCUT2D eigenvalue weighted by molar-refractivity contribution is 0.312. The fraction of sp³-hybridized carbons (Fsp3) is 0. The Balaban J connectivity index is 0. The lowest BCUT2D eigenvalue weighted by atomic mass is 10.8. The zero-order valence-corrected chi connectivity index (χ0v) is 1.88. The molecule has 0 saturated heterocycles. The van der Waals surface area contributed by atoms with E-state index in [2.05, 4.69) is 0 Å². The summed E-state index contributed by atoms with van der Waals surface area (Å²) in [5.41, 5.74) is 0. The SMILES string of the molecule is O=NO.[B]. The van der Waals surface area contributed by atoms with Crippen molar-refractivity contribution < 1.29 is 5.21 Å². The molecule has 0 heterocycles. The lowest BCUT2D eigenvalue weighted by Crippen LogP contribution is -1.25. The van der Waals surface area contributed by atoms with Gasteiger partial charge in [-0.15, -0.1) is 4.91 Å². The average Bonchev–Trinajstić information content (AvgIpc) is 0.918. The molecule has 0 aliphatic heterocycles. The van der Waals surface area contributed by atoms with E-state index in [1.54, 1.807) is 0 Å². The summed E-state index contributed by atoms with van der Waals surface area (Å²) in [5.74, 6) is 0. The maximum Gasteiger partial charge on any atom is 0.152 e. The summed E-state index contributed by atoms with van der Waals surface area (Å²) < 4.78 is 0. The van der Waals surface area contributed by atoms with Crippen molar-refractivity contribution in [2.75, 3.05) is 0 Å². The maximum atomic E-state index is 8.11. The molecule has 0 unspecified atom stereocenters. The van der Waals surface area contributed by atoms with Crippen molar-refractivity contribution in [1.29, 1.82) is 0 Å². The zero-order valence-electron chi connectivity index (χ0n) is 1.88. The molecule has 0 fully saturated rings. The minimum atomic E-state index is 0. The van der Waals surface area contributed by atoms with Crippen LogP contribution in [0.25, 0.3) is 0 Å². The van der Waals surface area contributed by atoms with E-state index in [0.717, 1.165) is 0 Å². The van der Waals surface area contributed by atoms with Crippen LogP contribution in [0.1, 0.15) is 0 Å². The molecule has 0 bridgehead atoms. The van der Waals surface area contributed by atoms with Crippen LogP contribution in [0.3, 0.4) is 0 Å². The van der Waals surface area contributed by atoms with Crippen LogP contribution in [0, 0.1) is 4.91 Å². The van der Waals surface area contributed by atoms with Gasteiger partial charge >= 0.3 is 0 Å². The highest BCUT2D eigenvalue weighted by Gasteiger charge is 1.18. The molecule has 0 aliphatic carbocycles. The first-order valence-corrected chi connectivity index (χ1v) is 0.383. The van der Waals surface area contributed by atoms with Crippen molar-refractivity contribution in [3.05, 3.63) is 4.91 Å². The summed E-state index contributed by atoms with van der Waals surface area (Å²) in [7, 11) is 0. The molecule has 4 heavy (non-hydrogen) atoms. The number of nitrogens with zero attached hydrogens (tertiary/aromatic N) is 1. The highest BCUT2D eigenvalue weighted by molar-refractivity contribution is 5.75. The van der Waals surface area contributed by atoms with Gasteiger partial charge in [-0.25, -0.2) is 0 Å². The average molecular weight is 57.8 g/mol. The molecule has 0 rings (SSSR count). The van der Waals surface area contributed by atoms with Crippen molar-refractivity contribution in [3.8, 4) is 0 Å². The molecule has 0 saturated carbocycles. The summed E-state index contributed by atoms with van der Waals surface area (Å²) in [5, 5.41) is 7.89. The molecule has 1 N–H and O–H groups in total. The molecule has 0 aromatic rings. The summed E-state index contributed by atoms with van der Waals surface area (Å²) in [6.45, 7) is 0. The minimum Gasteiger partial charge on any atom is -0.379 e. The van der Waals surface area contributed by atoms with Crippen LogP contribution < -0.4 is 0 Å². The van der Waals surface area contributed by atoms with Gasteiger partial charge in [0.1, 0.15) is 0 Å². The van der Waals surface area contributed by atoms with E-state index in [9.17, 15) is 0 Å². The van der Waals surface area contributed by atoms with E-state index in [-0.39, 0.29) is 8.41 Å². The lowest BCUT2D eigenvalue weighted by Gasteiger charge is -1.32. The molecule has 0 atom stereocenters. The summed E-state index contributed by atoms with van der Waals surface area (Å²) >= 11 is 0. The quantitative estimate of drug-likeness (QED) is 0.237. The third-order valence-electron chi connectivity index (χ3n) is 0. The molecule has 4 heteroatoms. The maximum absolute atomic E-state index is 8.11. The summed E-state index contributed by atoms with van der Waals surface area (Å²) in [4.78, 5) is 8.11. The van der Waals surface area contributed by atoms with Crippen molar-refractivity contribution in [3.63, 3.8) is 0 Å². The largest absolute Gasteiger partial charge is 0.379 e. The minimum absolute atomic E-state index is 0. The van der Waals surface area contributed by atoms with Crippen LogP contribution in [0.4, 0.5) is 0 Å². The highest BCUT2D eigenvalue weighted by atomic mass is 16.6. The zero-order chi connectivity index (χ0) is 2.71. The summed E-state index contributed by atoms with van der Waals surface area (Å²) in [6, 6.07) is 0. The van der Waals surface area contributed by atoms with Gasteiger partial charge in [-0.1, -0.05) is 0 Å². The van der Waals surface area contributed by atoms with Gasteiger partial charge in [-0.2, -0.15) is 0 Å². The van der Waals surface area contributed by atoms with Gasteiger partial charge in [-0.05, 0) is 0 Å². The van der Waals surface area contributed by atoms with E-state index < -0.39 is 0 Å². The van der Waals surface area contributed by atoms with Crippen LogP contribution in [-0.2, 0) is 0 Å². The Morgan fingerprint density at radius 2 is 1.75 bits per heavy atom. The van der Waals surface area contributed by atoms with Crippen LogP contribution in [0.2, 0.25) is 0 Å². The Labute approximate surface area is 25.1 Å². The van der Waals surface area contributed by atoms with Gasteiger partial charge in [0.05, 0.1) is 0 Å². The number of hydrogen-bond donors (Lipinski definition) is 1. The molecule has 0 aliphatic rings. The normalized spacial score (nSPS) is 3.00. The van der Waals surface area contributed by atoms with Crippen LogP contribution >= 0.6 is 0 Å². The smallest absolute Gasteiger partial charge is 0.152 e. The molecule has 0 aromatic carbocycles. The fourth-order valence-electron chi connectivity index (χ4n) is 0. The van der Waals surface area contributed by atoms with E-state index in [0.29, 0.717) is 0 Å². The number of rotatable bonds is 0. The third-order valence-corrected chi connectivity index (χ3v) is 0. The van der Waals surface area contributed by atoms with Gasteiger partial charge in [0.25, 0.3) is 0 Å². The second-order valence-corrected chi connectivity index (χ2v) is 0.0816. The van der Waals surface area contributed by atoms with E-state index >= 15 is 0 Å². The molecular formula is HBNO2. The Morgan fingerprint density at radius 1 is 1.75 bits per heavy atom. The molecule has 3 nitrogen and oxygen atoms in total. The Hall–Kier alpha value is -0.535. The van der Waals surface area contributed by atoms with Gasteiger partial charge in [0, 0.05) is 8.41 Å². The second-order valence-electron chi connectivity index (χ2n) is 0.0816. The topological polar surface area (TPSA) is 49.7 Å². The van der Waals surface area contributed by atoms with Crippen molar-refractivity contribution >= 4 is 8.41 Å². The fourth-order valence-corrected chi connectivity index (χ4v) is 0. The predicted octanol–water partition coefficient (Wildman–Crippen LogP) is -0.239. The number of hydrogen-bond acceptors (Lipinski definition) is 2. The molecule has 0 spiro atoms. The van der Waals surface area contributed by atoms with Crippen LogP contribution in [0.5, 0.6) is 0 Å². The monoisotopic (exact) mass is 58.0 g/mol. The molecule has 0 amide bonds. The van der Waals surface area contributed by atoms with Gasteiger partial charge in [0.15, 0.2) is 5.34 Å². The first kappa shape index (κ1) is 9.81. The van der Waals surface area contributed by atoms with Gasteiger partial charge in [0.2, 0.25) is 0 Å².